The predicted octanol–water partition coefficient (Wildman–Crippen LogP) is 10.1. The largest absolute Gasteiger partial charge is 0.507 e. The second kappa shape index (κ2) is 20.8. The monoisotopic (exact) mass is 890 g/mol. The third-order valence-corrected chi connectivity index (χ3v) is 9.58. The average Bonchev–Trinajstić information content (AvgIpc) is 3.23. The summed E-state index contributed by atoms with van der Waals surface area (Å²) in [5, 5.41) is 30.7. The van der Waals surface area contributed by atoms with E-state index in [1.807, 2.05) is 84.9 Å². The van der Waals surface area contributed by atoms with Gasteiger partial charge >= 0.3 is 0 Å². The van der Waals surface area contributed by atoms with Crippen molar-refractivity contribution in [3.63, 3.8) is 0 Å². The topological polar surface area (TPSA) is 161 Å². The number of aldehydes is 1. The SMILES string of the molecule is COc1cc(C2C(C#N)=C(N)Oc3c2ccc2ccccc32)cc(Br)c1OC.COc1cc(C=O)cc(Br)c1OC.Oc1cccc2ccccc12.[C-]#[N+]CC#N. The van der Waals surface area contributed by atoms with Crippen LogP contribution < -0.4 is 29.4 Å². The third kappa shape index (κ3) is 10.1. The first-order chi connectivity index (χ1) is 27.6. The van der Waals surface area contributed by atoms with Crippen LogP contribution in [0.2, 0.25) is 0 Å². The molecule has 0 aliphatic carbocycles. The highest BCUT2D eigenvalue weighted by molar-refractivity contribution is 9.11. The fourth-order valence-corrected chi connectivity index (χ4v) is 7.13. The van der Waals surface area contributed by atoms with Crippen LogP contribution in [0.3, 0.4) is 0 Å². The fraction of sp³-hybridized carbons (Fsp3) is 0.136. The number of phenols is 1. The van der Waals surface area contributed by atoms with Crippen LogP contribution in [0.4, 0.5) is 0 Å². The Bertz CT molecular complexity index is 2540. The van der Waals surface area contributed by atoms with Gasteiger partial charge < -0.3 is 39.4 Å². The molecule has 13 heteroatoms. The first-order valence-electron chi connectivity index (χ1n) is 16.8. The Morgan fingerprint density at radius 3 is 1.93 bits per heavy atom. The van der Waals surface area contributed by atoms with Crippen molar-refractivity contribution in [3.05, 3.63) is 152 Å². The maximum Gasteiger partial charge on any atom is 0.298 e. The second-order valence-electron chi connectivity index (χ2n) is 11.7. The minimum absolute atomic E-state index is 0.0139. The molecule has 288 valence electrons. The molecule has 6 aromatic carbocycles. The first kappa shape index (κ1) is 43.0. The number of aromatic hydroxyl groups is 1. The summed E-state index contributed by atoms with van der Waals surface area (Å²) in [6, 6.07) is 36.2. The number of phenolic OH excluding ortho intramolecular Hbond substituents is 1. The van der Waals surface area contributed by atoms with E-state index in [1.54, 1.807) is 45.6 Å². The van der Waals surface area contributed by atoms with Gasteiger partial charge in [-0.05, 0) is 78.5 Å². The van der Waals surface area contributed by atoms with Crippen molar-refractivity contribution in [2.75, 3.05) is 35.0 Å². The Labute approximate surface area is 347 Å². The van der Waals surface area contributed by atoms with Gasteiger partial charge in [-0.3, -0.25) is 4.79 Å². The van der Waals surface area contributed by atoms with Crippen molar-refractivity contribution in [2.45, 2.75) is 5.92 Å². The number of nitrogens with zero attached hydrogens (tertiary/aromatic N) is 3. The van der Waals surface area contributed by atoms with Crippen LogP contribution in [0, 0.1) is 29.2 Å². The Morgan fingerprint density at radius 1 is 0.807 bits per heavy atom. The van der Waals surface area contributed by atoms with Crippen molar-refractivity contribution >= 4 is 59.7 Å². The highest BCUT2D eigenvalue weighted by Gasteiger charge is 2.32. The van der Waals surface area contributed by atoms with Crippen LogP contribution in [0.1, 0.15) is 27.4 Å². The van der Waals surface area contributed by atoms with Gasteiger partial charge in [-0.2, -0.15) is 10.5 Å². The standard InChI is InChI=1S/C22H17BrN2O3.C10H8O.C9H9BrO3.C3H2N2/c1-26-18-10-13(9-17(23)21(18)27-2)19-15-8-7-12-5-3-4-6-14(12)20(15)28-22(25)16(19)11-24;11-10-7-3-5-8-4-1-2-6-9(8)10;1-12-8-4-6(5-11)3-7(10)9(8)13-2;1-5-3-2-4/h3-10,19H,25H2,1-2H3;1-7,11H;3-5H,1-2H3;3H2. The molecule has 1 aliphatic rings. The van der Waals surface area contributed by atoms with Crippen molar-refractivity contribution < 1.29 is 33.6 Å². The summed E-state index contributed by atoms with van der Waals surface area (Å²) in [7, 11) is 6.23. The van der Waals surface area contributed by atoms with Gasteiger partial charge in [-0.25, -0.2) is 6.57 Å². The maximum absolute atomic E-state index is 10.5. The second-order valence-corrected chi connectivity index (χ2v) is 13.4. The normalized spacial score (nSPS) is 12.2. The molecule has 57 heavy (non-hydrogen) atoms. The molecule has 3 N–H and O–H groups in total. The summed E-state index contributed by atoms with van der Waals surface area (Å²) < 4.78 is 28.4. The van der Waals surface area contributed by atoms with E-state index in [2.05, 4.69) is 42.8 Å². The zero-order valence-electron chi connectivity index (χ0n) is 31.2. The van der Waals surface area contributed by atoms with E-state index in [0.29, 0.717) is 50.1 Å². The smallest absolute Gasteiger partial charge is 0.298 e. The number of methoxy groups -OCH3 is 4. The van der Waals surface area contributed by atoms with Crippen LogP contribution in [0.25, 0.3) is 26.4 Å². The predicted molar refractivity (Wildman–Crippen MR) is 226 cm³/mol. The molecule has 0 amide bonds. The molecule has 1 aliphatic heterocycles. The third-order valence-electron chi connectivity index (χ3n) is 8.41. The van der Waals surface area contributed by atoms with Gasteiger partial charge in [0.2, 0.25) is 5.88 Å². The van der Waals surface area contributed by atoms with Crippen LogP contribution in [-0.4, -0.2) is 46.4 Å². The summed E-state index contributed by atoms with van der Waals surface area (Å²) >= 11 is 6.81. The molecule has 0 spiro atoms. The van der Waals surface area contributed by atoms with E-state index in [4.69, 9.17) is 41.3 Å². The number of rotatable bonds is 6. The van der Waals surface area contributed by atoms with Gasteiger partial charge in [0.15, 0.2) is 23.0 Å². The van der Waals surface area contributed by atoms with Gasteiger partial charge in [0.1, 0.15) is 35.5 Å². The molecular weight excluding hydrogens is 856 g/mol. The molecule has 1 unspecified atom stereocenters. The van der Waals surface area contributed by atoms with E-state index in [0.717, 1.165) is 43.4 Å². The molecule has 0 radical (unpaired) electrons. The lowest BCUT2D eigenvalue weighted by atomic mass is 9.82. The number of benzene rings is 6. The Balaban J connectivity index is 0.000000204. The van der Waals surface area contributed by atoms with E-state index in [9.17, 15) is 15.2 Å². The molecule has 1 heterocycles. The fourth-order valence-electron chi connectivity index (χ4n) is 5.88. The highest BCUT2D eigenvalue weighted by atomic mass is 79.9. The molecule has 0 bridgehead atoms. The van der Waals surface area contributed by atoms with Crippen molar-refractivity contribution in [2.24, 2.45) is 5.73 Å². The molecule has 11 nitrogen and oxygen atoms in total. The maximum atomic E-state index is 10.5. The average molecular weight is 893 g/mol. The van der Waals surface area contributed by atoms with Gasteiger partial charge in [0, 0.05) is 21.9 Å². The van der Waals surface area contributed by atoms with Crippen LogP contribution >= 0.6 is 31.9 Å². The number of hydrogen-bond donors (Lipinski definition) is 2. The highest BCUT2D eigenvalue weighted by Crippen LogP contribution is 2.48. The molecular formula is C44H36Br2N4O7. The summed E-state index contributed by atoms with van der Waals surface area (Å²) in [6.45, 7) is 5.99. The number of ether oxygens (including phenoxy) is 5. The number of allylic oxidation sites excluding steroid dienone is 1. The molecule has 0 fully saturated rings. The van der Waals surface area contributed by atoms with Gasteiger partial charge in [0.05, 0.1) is 43.3 Å². The number of nitriles is 2. The van der Waals surface area contributed by atoms with Crippen LogP contribution in [0.5, 0.6) is 34.5 Å². The number of halogens is 2. The number of carbonyl (C=O) groups excluding carboxylic acids is 1. The molecule has 6 aromatic rings. The Hall–Kier alpha value is -6.72. The minimum Gasteiger partial charge on any atom is -0.507 e. The number of carbonyl (C=O) groups is 1. The van der Waals surface area contributed by atoms with E-state index in [-0.39, 0.29) is 18.3 Å². The van der Waals surface area contributed by atoms with Crippen molar-refractivity contribution in [3.8, 4) is 46.6 Å². The zero-order chi connectivity index (χ0) is 41.5. The van der Waals surface area contributed by atoms with Gasteiger partial charge in [-0.15, -0.1) is 0 Å². The Kier molecular flexibility index (Phi) is 15.7. The summed E-state index contributed by atoms with van der Waals surface area (Å²) in [6.07, 6.45) is 0.757. The van der Waals surface area contributed by atoms with E-state index < -0.39 is 0 Å². The van der Waals surface area contributed by atoms with E-state index >= 15 is 0 Å². The number of fused-ring (bicyclic) bond motifs is 4. The lowest BCUT2D eigenvalue weighted by Crippen LogP contribution is -2.21. The van der Waals surface area contributed by atoms with Gasteiger partial charge in [0.25, 0.3) is 6.54 Å². The quantitative estimate of drug-likeness (QED) is 0.0935. The lowest BCUT2D eigenvalue weighted by Gasteiger charge is -2.28. The number of hydrogen-bond acceptors (Lipinski definition) is 10. The zero-order valence-corrected chi connectivity index (χ0v) is 34.4. The molecule has 0 aromatic heterocycles. The lowest BCUT2D eigenvalue weighted by molar-refractivity contribution is 0.112. The van der Waals surface area contributed by atoms with E-state index in [1.165, 1.54) is 7.11 Å². The van der Waals surface area contributed by atoms with Gasteiger partial charge in [-0.1, -0.05) is 72.8 Å². The first-order valence-corrected chi connectivity index (χ1v) is 18.4. The van der Waals surface area contributed by atoms with Crippen molar-refractivity contribution in [1.82, 2.24) is 0 Å². The molecule has 0 saturated carbocycles. The summed E-state index contributed by atoms with van der Waals surface area (Å²) in [5.41, 5.74) is 8.79. The summed E-state index contributed by atoms with van der Waals surface area (Å²) in [5.74, 6) is 3.04. The minimum atomic E-state index is -0.380. The van der Waals surface area contributed by atoms with Crippen LogP contribution in [-0.2, 0) is 0 Å². The Morgan fingerprint density at radius 2 is 1.39 bits per heavy atom. The molecule has 7 rings (SSSR count). The molecule has 1 atom stereocenters. The van der Waals surface area contributed by atoms with Crippen molar-refractivity contribution in [1.29, 1.82) is 10.5 Å². The summed E-state index contributed by atoms with van der Waals surface area (Å²) in [4.78, 5) is 13.3. The number of nitrogens with two attached hydrogens (primary N) is 1. The van der Waals surface area contributed by atoms with Crippen LogP contribution in [0.15, 0.2) is 124 Å². The molecule has 0 saturated heterocycles.